The lowest BCUT2D eigenvalue weighted by molar-refractivity contribution is 0.927. The molecule has 0 saturated heterocycles. The second-order valence-corrected chi connectivity index (χ2v) is 3.80. The van der Waals surface area contributed by atoms with Gasteiger partial charge in [0.05, 0.1) is 0 Å². The second kappa shape index (κ2) is 6.28. The highest BCUT2D eigenvalue weighted by Crippen LogP contribution is 2.08. The van der Waals surface area contributed by atoms with Gasteiger partial charge < -0.3 is 0 Å². The molecule has 13 heavy (non-hydrogen) atoms. The maximum absolute atomic E-state index is 5.64. The molecule has 2 heteroatoms. The number of hydrogen-bond acceptors (Lipinski definition) is 0. The highest BCUT2D eigenvalue weighted by atomic mass is 35.5. The number of rotatable bonds is 5. The van der Waals surface area contributed by atoms with Gasteiger partial charge in [0.2, 0.25) is 0 Å². The predicted octanol–water partition coefficient (Wildman–Crippen LogP) is 3.64. The van der Waals surface area contributed by atoms with E-state index in [1.807, 2.05) is 0 Å². The average Bonchev–Trinajstić information content (AvgIpc) is 2.17. The van der Waals surface area contributed by atoms with Crippen LogP contribution >= 0.6 is 23.2 Å². The van der Waals surface area contributed by atoms with Crippen LogP contribution < -0.4 is 0 Å². The van der Waals surface area contributed by atoms with Crippen molar-refractivity contribution >= 4 is 23.2 Å². The third kappa shape index (κ3) is 4.02. The van der Waals surface area contributed by atoms with E-state index < -0.39 is 0 Å². The molecule has 72 valence electrons. The fourth-order valence-corrected chi connectivity index (χ4v) is 1.60. The Morgan fingerprint density at radius 1 is 0.769 bits per heavy atom. The van der Waals surface area contributed by atoms with Crippen molar-refractivity contribution in [2.24, 2.45) is 0 Å². The van der Waals surface area contributed by atoms with E-state index in [0.717, 1.165) is 25.1 Å². The van der Waals surface area contributed by atoms with E-state index in [4.69, 9.17) is 23.2 Å². The Labute approximate surface area is 89.9 Å². The molecule has 0 aliphatic carbocycles. The van der Waals surface area contributed by atoms with Crippen molar-refractivity contribution in [2.75, 3.05) is 11.8 Å². The van der Waals surface area contributed by atoms with Crippen molar-refractivity contribution in [1.82, 2.24) is 0 Å². The summed E-state index contributed by atoms with van der Waals surface area (Å²) in [5.74, 6) is 1.43. The third-order valence-corrected chi connectivity index (χ3v) is 2.46. The minimum Gasteiger partial charge on any atom is -0.127 e. The molecular formula is C11H14Cl2. The van der Waals surface area contributed by atoms with Crippen LogP contribution in [-0.2, 0) is 12.8 Å². The van der Waals surface area contributed by atoms with Crippen molar-refractivity contribution in [2.45, 2.75) is 19.3 Å². The van der Waals surface area contributed by atoms with Crippen LogP contribution in [0.1, 0.15) is 17.5 Å². The zero-order chi connectivity index (χ0) is 9.52. The fourth-order valence-electron chi connectivity index (χ4n) is 1.25. The van der Waals surface area contributed by atoms with Gasteiger partial charge in [-0.05, 0) is 30.4 Å². The summed E-state index contributed by atoms with van der Waals surface area (Å²) in [5.41, 5.74) is 2.67. The van der Waals surface area contributed by atoms with Gasteiger partial charge in [-0.15, -0.1) is 23.2 Å². The molecule has 1 aromatic rings. The monoisotopic (exact) mass is 216 g/mol. The molecule has 0 spiro atoms. The quantitative estimate of drug-likeness (QED) is 0.660. The molecule has 0 aliphatic heterocycles. The Hall–Kier alpha value is -0.200. The SMILES string of the molecule is ClCCCc1ccc(CCCl)cc1. The third-order valence-electron chi connectivity index (χ3n) is 2.01. The maximum atomic E-state index is 5.64. The van der Waals surface area contributed by atoms with Gasteiger partial charge in [-0.25, -0.2) is 0 Å². The minimum absolute atomic E-state index is 0.695. The molecule has 0 unspecified atom stereocenters. The first kappa shape index (κ1) is 10.9. The summed E-state index contributed by atoms with van der Waals surface area (Å²) in [6.07, 6.45) is 3.08. The molecule has 1 rings (SSSR count). The summed E-state index contributed by atoms with van der Waals surface area (Å²) < 4.78 is 0. The largest absolute Gasteiger partial charge is 0.127 e. The van der Waals surface area contributed by atoms with Crippen LogP contribution in [0.5, 0.6) is 0 Å². The van der Waals surface area contributed by atoms with Crippen molar-refractivity contribution in [3.8, 4) is 0 Å². The normalized spacial score (nSPS) is 10.3. The standard InChI is InChI=1S/C11H14Cl2/c12-8-1-2-10-3-5-11(6-4-10)7-9-13/h3-6H,1-2,7-9H2. The number of halogens is 2. The van der Waals surface area contributed by atoms with E-state index in [1.54, 1.807) is 0 Å². The topological polar surface area (TPSA) is 0 Å². The van der Waals surface area contributed by atoms with E-state index in [1.165, 1.54) is 11.1 Å². The Kier molecular flexibility index (Phi) is 5.26. The Morgan fingerprint density at radius 3 is 1.77 bits per heavy atom. The molecule has 0 nitrogen and oxygen atoms in total. The molecule has 0 radical (unpaired) electrons. The number of aryl methyl sites for hydroxylation is 2. The number of hydrogen-bond donors (Lipinski definition) is 0. The lowest BCUT2D eigenvalue weighted by Gasteiger charge is -2.01. The fraction of sp³-hybridized carbons (Fsp3) is 0.455. The van der Waals surface area contributed by atoms with E-state index in [2.05, 4.69) is 24.3 Å². The molecule has 0 heterocycles. The molecule has 0 bridgehead atoms. The van der Waals surface area contributed by atoms with Crippen LogP contribution in [0.4, 0.5) is 0 Å². The molecule has 0 saturated carbocycles. The smallest absolute Gasteiger partial charge is 0.0263 e. The molecule has 1 aromatic carbocycles. The van der Waals surface area contributed by atoms with Crippen molar-refractivity contribution in [1.29, 1.82) is 0 Å². The second-order valence-electron chi connectivity index (χ2n) is 3.05. The molecule has 0 atom stereocenters. The van der Waals surface area contributed by atoms with Crippen LogP contribution in [-0.4, -0.2) is 11.8 Å². The van der Waals surface area contributed by atoms with Crippen molar-refractivity contribution in [3.63, 3.8) is 0 Å². The van der Waals surface area contributed by atoms with Gasteiger partial charge in [0, 0.05) is 11.8 Å². The van der Waals surface area contributed by atoms with Gasteiger partial charge in [0.1, 0.15) is 0 Å². The zero-order valence-electron chi connectivity index (χ0n) is 7.60. The summed E-state index contributed by atoms with van der Waals surface area (Å²) >= 11 is 11.3. The first-order valence-electron chi connectivity index (χ1n) is 4.56. The van der Waals surface area contributed by atoms with Gasteiger partial charge in [0.15, 0.2) is 0 Å². The van der Waals surface area contributed by atoms with Gasteiger partial charge >= 0.3 is 0 Å². The van der Waals surface area contributed by atoms with Gasteiger partial charge in [0.25, 0.3) is 0 Å². The van der Waals surface area contributed by atoms with E-state index in [9.17, 15) is 0 Å². The van der Waals surface area contributed by atoms with Crippen LogP contribution in [0.25, 0.3) is 0 Å². The average molecular weight is 217 g/mol. The number of alkyl halides is 2. The highest BCUT2D eigenvalue weighted by Gasteiger charge is 1.94. The van der Waals surface area contributed by atoms with Gasteiger partial charge in [-0.2, -0.15) is 0 Å². The van der Waals surface area contributed by atoms with Crippen LogP contribution in [0, 0.1) is 0 Å². The van der Waals surface area contributed by atoms with Crippen LogP contribution in [0.2, 0.25) is 0 Å². The summed E-state index contributed by atoms with van der Waals surface area (Å²) in [6.45, 7) is 0. The molecule has 0 aliphatic rings. The van der Waals surface area contributed by atoms with Gasteiger partial charge in [-0.1, -0.05) is 24.3 Å². The summed E-state index contributed by atoms with van der Waals surface area (Å²) in [5, 5.41) is 0. The molecule has 0 fully saturated rings. The Bertz CT molecular complexity index is 228. The van der Waals surface area contributed by atoms with E-state index in [-0.39, 0.29) is 0 Å². The molecule has 0 amide bonds. The van der Waals surface area contributed by atoms with Crippen LogP contribution in [0.3, 0.4) is 0 Å². The van der Waals surface area contributed by atoms with E-state index >= 15 is 0 Å². The Morgan fingerprint density at radius 2 is 1.31 bits per heavy atom. The predicted molar refractivity (Wildman–Crippen MR) is 59.9 cm³/mol. The maximum Gasteiger partial charge on any atom is 0.0263 e. The van der Waals surface area contributed by atoms with Crippen molar-refractivity contribution < 1.29 is 0 Å². The van der Waals surface area contributed by atoms with Crippen LogP contribution in [0.15, 0.2) is 24.3 Å². The first-order chi connectivity index (χ1) is 6.36. The van der Waals surface area contributed by atoms with E-state index in [0.29, 0.717) is 5.88 Å². The number of benzene rings is 1. The molecule has 0 aromatic heterocycles. The lowest BCUT2D eigenvalue weighted by atomic mass is 10.1. The molecular weight excluding hydrogens is 203 g/mol. The van der Waals surface area contributed by atoms with Crippen molar-refractivity contribution in [3.05, 3.63) is 35.4 Å². The highest BCUT2D eigenvalue weighted by molar-refractivity contribution is 6.18. The summed E-state index contributed by atoms with van der Waals surface area (Å²) in [6, 6.07) is 8.61. The minimum atomic E-state index is 0.695. The Balaban J connectivity index is 2.48. The zero-order valence-corrected chi connectivity index (χ0v) is 9.11. The molecule has 0 N–H and O–H groups in total. The summed E-state index contributed by atoms with van der Waals surface area (Å²) in [4.78, 5) is 0. The summed E-state index contributed by atoms with van der Waals surface area (Å²) in [7, 11) is 0. The first-order valence-corrected chi connectivity index (χ1v) is 5.63. The lowest BCUT2D eigenvalue weighted by Crippen LogP contribution is -1.89. The van der Waals surface area contributed by atoms with Gasteiger partial charge in [-0.3, -0.25) is 0 Å².